The van der Waals surface area contributed by atoms with Gasteiger partial charge in [-0.3, -0.25) is 0 Å². The van der Waals surface area contributed by atoms with E-state index in [1.165, 1.54) is 12.0 Å². The van der Waals surface area contributed by atoms with Crippen LogP contribution in [0.3, 0.4) is 0 Å². The molecule has 0 saturated heterocycles. The highest BCUT2D eigenvalue weighted by Crippen LogP contribution is 2.34. The third-order valence-corrected chi connectivity index (χ3v) is 3.11. The van der Waals surface area contributed by atoms with Crippen molar-refractivity contribution < 1.29 is 0 Å². The predicted molar refractivity (Wildman–Crippen MR) is 66.8 cm³/mol. The van der Waals surface area contributed by atoms with Crippen LogP contribution in [0.4, 0.5) is 11.6 Å². The van der Waals surface area contributed by atoms with Gasteiger partial charge in [-0.1, -0.05) is 20.3 Å². The Bertz CT molecular complexity index is 364. The molecule has 1 fully saturated rings. The molecule has 1 aromatic rings. The average molecular weight is 220 g/mol. The molecule has 1 aliphatic rings. The Morgan fingerprint density at radius 2 is 2.06 bits per heavy atom. The zero-order valence-corrected chi connectivity index (χ0v) is 10.2. The first-order chi connectivity index (χ1) is 7.76. The van der Waals surface area contributed by atoms with Crippen molar-refractivity contribution in [2.24, 2.45) is 5.92 Å². The summed E-state index contributed by atoms with van der Waals surface area (Å²) in [6.07, 6.45) is 5.00. The largest absolute Gasteiger partial charge is 0.373 e. The molecule has 1 heterocycles. The Hall–Kier alpha value is -1.32. The summed E-state index contributed by atoms with van der Waals surface area (Å²) in [6.45, 7) is 4.44. The summed E-state index contributed by atoms with van der Waals surface area (Å²) in [6, 6.07) is 0.607. The van der Waals surface area contributed by atoms with Gasteiger partial charge in [0.05, 0.1) is 0 Å². The second kappa shape index (κ2) is 4.68. The smallest absolute Gasteiger partial charge is 0.134 e. The zero-order valence-electron chi connectivity index (χ0n) is 10.2. The van der Waals surface area contributed by atoms with Gasteiger partial charge >= 0.3 is 0 Å². The maximum absolute atomic E-state index is 4.36. The minimum Gasteiger partial charge on any atom is -0.373 e. The molecule has 0 spiro atoms. The van der Waals surface area contributed by atoms with Crippen molar-refractivity contribution in [1.29, 1.82) is 0 Å². The molecule has 0 bridgehead atoms. The van der Waals surface area contributed by atoms with Crippen LogP contribution in [0.2, 0.25) is 0 Å². The van der Waals surface area contributed by atoms with E-state index in [-0.39, 0.29) is 0 Å². The maximum Gasteiger partial charge on any atom is 0.134 e. The van der Waals surface area contributed by atoms with E-state index in [1.54, 1.807) is 6.33 Å². The molecule has 0 aromatic carbocycles. The Balaban J connectivity index is 2.20. The molecule has 2 N–H and O–H groups in total. The van der Waals surface area contributed by atoms with E-state index < -0.39 is 0 Å². The molecule has 2 unspecified atom stereocenters. The molecular weight excluding hydrogens is 200 g/mol. The van der Waals surface area contributed by atoms with Gasteiger partial charge in [0.25, 0.3) is 0 Å². The maximum atomic E-state index is 4.36. The molecule has 2 rings (SSSR count). The minimum atomic E-state index is 0.607. The number of anilines is 2. The lowest BCUT2D eigenvalue weighted by Crippen LogP contribution is -2.11. The average Bonchev–Trinajstić information content (AvgIpc) is 2.97. The molecule has 1 aliphatic carbocycles. The first-order valence-electron chi connectivity index (χ1n) is 6.04. The molecular formula is C12H20N4. The lowest BCUT2D eigenvalue weighted by atomic mass is 10.1. The van der Waals surface area contributed by atoms with Gasteiger partial charge in [-0.15, -0.1) is 0 Å². The number of rotatable bonds is 5. The quantitative estimate of drug-likeness (QED) is 0.799. The normalized spacial score (nSPS) is 22.9. The lowest BCUT2D eigenvalue weighted by Gasteiger charge is -2.13. The monoisotopic (exact) mass is 220 g/mol. The molecule has 0 amide bonds. The van der Waals surface area contributed by atoms with Crippen molar-refractivity contribution in [3.05, 3.63) is 11.9 Å². The van der Waals surface area contributed by atoms with Gasteiger partial charge in [0.1, 0.15) is 18.0 Å². The van der Waals surface area contributed by atoms with Crippen LogP contribution in [0, 0.1) is 5.92 Å². The van der Waals surface area contributed by atoms with Crippen LogP contribution in [0.1, 0.15) is 32.3 Å². The van der Waals surface area contributed by atoms with Gasteiger partial charge in [-0.25, -0.2) is 9.97 Å². The molecule has 0 aliphatic heterocycles. The van der Waals surface area contributed by atoms with Crippen LogP contribution in [-0.2, 0) is 6.42 Å². The molecule has 1 aromatic heterocycles. The highest BCUT2D eigenvalue weighted by molar-refractivity contribution is 5.58. The number of aromatic nitrogens is 2. The van der Waals surface area contributed by atoms with E-state index in [2.05, 4.69) is 34.4 Å². The van der Waals surface area contributed by atoms with Crippen molar-refractivity contribution >= 4 is 11.6 Å². The highest BCUT2D eigenvalue weighted by atomic mass is 15.1. The van der Waals surface area contributed by atoms with Crippen molar-refractivity contribution in [2.45, 2.75) is 39.2 Å². The number of hydrogen-bond donors (Lipinski definition) is 2. The van der Waals surface area contributed by atoms with Gasteiger partial charge in [0.15, 0.2) is 0 Å². The van der Waals surface area contributed by atoms with Crippen molar-refractivity contribution in [1.82, 2.24) is 9.97 Å². The number of nitrogens with zero attached hydrogens (tertiary/aromatic N) is 2. The predicted octanol–water partition coefficient (Wildman–Crippen LogP) is 2.29. The summed E-state index contributed by atoms with van der Waals surface area (Å²) in [4.78, 5) is 8.62. The third kappa shape index (κ3) is 2.26. The van der Waals surface area contributed by atoms with Crippen LogP contribution in [0.15, 0.2) is 6.33 Å². The summed E-state index contributed by atoms with van der Waals surface area (Å²) in [5.74, 6) is 2.74. The van der Waals surface area contributed by atoms with E-state index in [0.29, 0.717) is 6.04 Å². The molecule has 88 valence electrons. The third-order valence-electron chi connectivity index (χ3n) is 3.11. The van der Waals surface area contributed by atoms with Gasteiger partial charge in [-0.2, -0.15) is 0 Å². The van der Waals surface area contributed by atoms with Gasteiger partial charge in [0.2, 0.25) is 0 Å². The topological polar surface area (TPSA) is 49.8 Å². The molecule has 2 atom stereocenters. The van der Waals surface area contributed by atoms with Crippen LogP contribution in [-0.4, -0.2) is 23.1 Å². The van der Waals surface area contributed by atoms with E-state index in [1.807, 2.05) is 7.05 Å². The summed E-state index contributed by atoms with van der Waals surface area (Å²) < 4.78 is 0. The van der Waals surface area contributed by atoms with E-state index >= 15 is 0 Å². The van der Waals surface area contributed by atoms with Crippen LogP contribution >= 0.6 is 0 Å². The first kappa shape index (κ1) is 11.2. The molecule has 16 heavy (non-hydrogen) atoms. The van der Waals surface area contributed by atoms with Crippen molar-refractivity contribution in [3.63, 3.8) is 0 Å². The zero-order chi connectivity index (χ0) is 11.5. The van der Waals surface area contributed by atoms with Crippen LogP contribution < -0.4 is 10.6 Å². The Morgan fingerprint density at radius 3 is 2.62 bits per heavy atom. The van der Waals surface area contributed by atoms with Crippen molar-refractivity contribution in [2.75, 3.05) is 17.7 Å². The summed E-state index contributed by atoms with van der Waals surface area (Å²) in [5.41, 5.74) is 1.21. The molecule has 1 saturated carbocycles. The number of nitrogens with one attached hydrogen (secondary N) is 2. The highest BCUT2D eigenvalue weighted by Gasteiger charge is 2.33. The fourth-order valence-electron chi connectivity index (χ4n) is 1.94. The summed E-state index contributed by atoms with van der Waals surface area (Å²) in [5, 5.41) is 6.64. The fourth-order valence-corrected chi connectivity index (χ4v) is 1.94. The molecule has 0 radical (unpaired) electrons. The van der Waals surface area contributed by atoms with Crippen LogP contribution in [0.5, 0.6) is 0 Å². The second-order valence-electron chi connectivity index (χ2n) is 4.51. The Labute approximate surface area is 96.9 Å². The molecule has 4 heteroatoms. The standard InChI is InChI=1S/C12H20N4/c1-4-5-9-11(13-3)14-7-15-12(9)16-10-6-8(10)2/h7-8,10H,4-6H2,1-3H3,(H2,13,14,15,16). The minimum absolute atomic E-state index is 0.607. The van der Waals surface area contributed by atoms with Gasteiger partial charge in [-0.05, 0) is 18.8 Å². The lowest BCUT2D eigenvalue weighted by molar-refractivity contribution is 0.883. The summed E-state index contributed by atoms with van der Waals surface area (Å²) >= 11 is 0. The van der Waals surface area contributed by atoms with Crippen molar-refractivity contribution in [3.8, 4) is 0 Å². The van der Waals surface area contributed by atoms with E-state index in [4.69, 9.17) is 0 Å². The molecule has 4 nitrogen and oxygen atoms in total. The Kier molecular flexibility index (Phi) is 3.27. The van der Waals surface area contributed by atoms with Crippen LogP contribution in [0.25, 0.3) is 0 Å². The summed E-state index contributed by atoms with van der Waals surface area (Å²) in [7, 11) is 1.91. The van der Waals surface area contributed by atoms with E-state index in [9.17, 15) is 0 Å². The van der Waals surface area contributed by atoms with Gasteiger partial charge < -0.3 is 10.6 Å². The first-order valence-corrected chi connectivity index (χ1v) is 6.04. The fraction of sp³-hybridized carbons (Fsp3) is 0.667. The van der Waals surface area contributed by atoms with E-state index in [0.717, 1.165) is 30.4 Å². The second-order valence-corrected chi connectivity index (χ2v) is 4.51. The Morgan fingerprint density at radius 1 is 1.38 bits per heavy atom. The SMILES string of the molecule is CCCc1c(NC)ncnc1NC1CC1C. The number of hydrogen-bond acceptors (Lipinski definition) is 4. The van der Waals surface area contributed by atoms with Gasteiger partial charge in [0, 0.05) is 18.7 Å².